The van der Waals surface area contributed by atoms with Crippen LogP contribution in [-0.4, -0.2) is 21.6 Å². The Morgan fingerprint density at radius 2 is 1.75 bits per heavy atom. The molecule has 1 aromatic rings. The van der Waals surface area contributed by atoms with Crippen LogP contribution in [0.15, 0.2) is 30.3 Å². The van der Waals surface area contributed by atoms with Crippen molar-refractivity contribution < 1.29 is 4.79 Å². The number of carbonyl (C=O) groups is 1. The number of carbonyl (C=O) groups excluding carboxylic acids is 1. The van der Waals surface area contributed by atoms with Gasteiger partial charge in [-0.2, -0.15) is 0 Å². The second-order valence-electron chi connectivity index (χ2n) is 2.60. The van der Waals surface area contributed by atoms with E-state index in [0.717, 1.165) is 0 Å². The van der Waals surface area contributed by atoms with E-state index in [1.54, 1.807) is 30.3 Å². The van der Waals surface area contributed by atoms with Gasteiger partial charge in [-0.3, -0.25) is 4.79 Å². The van der Waals surface area contributed by atoms with Gasteiger partial charge in [0.2, 0.25) is 5.91 Å². The topological polar surface area (TPSA) is 43.1 Å². The molecule has 0 aliphatic rings. The van der Waals surface area contributed by atoms with Crippen LogP contribution in [0.3, 0.4) is 0 Å². The van der Waals surface area contributed by atoms with Crippen molar-refractivity contribution in [1.29, 1.82) is 0 Å². The van der Waals surface area contributed by atoms with E-state index in [1.165, 1.54) is 0 Å². The Bertz CT molecular complexity index is 284. The molecule has 1 rings (SSSR count). The highest BCUT2D eigenvalue weighted by Crippen LogP contribution is 2.15. The van der Waals surface area contributed by atoms with Crippen LogP contribution < -0.4 is 5.73 Å². The van der Waals surface area contributed by atoms with E-state index in [4.69, 9.17) is 21.4 Å². The van der Waals surface area contributed by atoms with E-state index in [-0.39, 0.29) is 0 Å². The van der Waals surface area contributed by atoms with Crippen molar-refractivity contribution in [3.05, 3.63) is 35.9 Å². The van der Waals surface area contributed by atoms with E-state index in [0.29, 0.717) is 5.56 Å². The molecule has 12 heavy (non-hydrogen) atoms. The zero-order valence-corrected chi connectivity index (χ0v) is 6.53. The van der Waals surface area contributed by atoms with Crippen molar-refractivity contribution in [2.75, 3.05) is 0 Å². The van der Waals surface area contributed by atoms with Crippen molar-refractivity contribution in [2.45, 2.75) is 5.21 Å². The first-order valence-corrected chi connectivity index (χ1v) is 3.48. The summed E-state index contributed by atoms with van der Waals surface area (Å²) in [4.78, 5) is 10.8. The SMILES string of the molecule is [B]C([B])(C(N)=O)c1ccccc1. The summed E-state index contributed by atoms with van der Waals surface area (Å²) in [6.45, 7) is 0. The average Bonchev–Trinajstić information content (AvgIpc) is 2.06. The third kappa shape index (κ3) is 1.52. The summed E-state index contributed by atoms with van der Waals surface area (Å²) in [5.41, 5.74) is 5.52. The fraction of sp³-hybridized carbons (Fsp3) is 0.125. The van der Waals surface area contributed by atoms with E-state index >= 15 is 0 Å². The molecule has 0 aliphatic heterocycles. The van der Waals surface area contributed by atoms with Gasteiger partial charge in [0.05, 0.1) is 15.7 Å². The Balaban J connectivity index is 3.06. The number of primary amides is 1. The lowest BCUT2D eigenvalue weighted by Crippen LogP contribution is -2.42. The number of hydrogen-bond acceptors (Lipinski definition) is 1. The monoisotopic (exact) mass is 155 g/mol. The molecule has 0 unspecified atom stereocenters. The van der Waals surface area contributed by atoms with Gasteiger partial charge in [0, 0.05) is 0 Å². The molecule has 4 radical (unpaired) electrons. The Morgan fingerprint density at radius 1 is 1.25 bits per heavy atom. The van der Waals surface area contributed by atoms with Gasteiger partial charge in [-0.1, -0.05) is 30.3 Å². The molecule has 56 valence electrons. The van der Waals surface area contributed by atoms with E-state index in [9.17, 15) is 4.79 Å². The molecule has 2 N–H and O–H groups in total. The summed E-state index contributed by atoms with van der Waals surface area (Å²) >= 11 is 0. The van der Waals surface area contributed by atoms with Crippen LogP contribution >= 0.6 is 0 Å². The van der Waals surface area contributed by atoms with Gasteiger partial charge >= 0.3 is 0 Å². The van der Waals surface area contributed by atoms with Crippen LogP contribution in [0.4, 0.5) is 0 Å². The molecule has 1 aromatic carbocycles. The number of nitrogens with two attached hydrogens (primary N) is 1. The molecule has 0 heterocycles. The molecule has 0 spiro atoms. The molecule has 4 heteroatoms. The summed E-state index contributed by atoms with van der Waals surface area (Å²) in [7, 11) is 11.0. The predicted molar refractivity (Wildman–Crippen MR) is 48.8 cm³/mol. The fourth-order valence-electron chi connectivity index (χ4n) is 0.856. The summed E-state index contributed by atoms with van der Waals surface area (Å²) in [5.74, 6) is -0.742. The smallest absolute Gasteiger partial charge is 0.210 e. The molecule has 0 saturated heterocycles. The van der Waals surface area contributed by atoms with Crippen molar-refractivity contribution >= 4 is 21.6 Å². The van der Waals surface area contributed by atoms with Gasteiger partial charge in [-0.15, -0.1) is 0 Å². The maximum Gasteiger partial charge on any atom is 0.210 e. The molecule has 0 aromatic heterocycles. The standard InChI is InChI=1S/C8H7B2NO/c9-8(10,7(11)12)6-4-2-1-3-5-6/h1-5H,(H2,11,12). The molecule has 0 atom stereocenters. The third-order valence-electron chi connectivity index (χ3n) is 1.66. The molecular formula is C8H7B2NO. The highest BCUT2D eigenvalue weighted by molar-refractivity contribution is 6.50. The second kappa shape index (κ2) is 3.05. The first-order chi connectivity index (χ1) is 5.55. The predicted octanol–water partition coefficient (Wildman–Crippen LogP) is -0.338. The maximum absolute atomic E-state index is 10.8. The minimum atomic E-state index is -1.57. The first kappa shape index (κ1) is 8.91. The quantitative estimate of drug-likeness (QED) is 0.583. The van der Waals surface area contributed by atoms with Crippen LogP contribution in [0, 0.1) is 0 Å². The third-order valence-corrected chi connectivity index (χ3v) is 1.66. The van der Waals surface area contributed by atoms with Crippen molar-refractivity contribution in [2.24, 2.45) is 5.73 Å². The summed E-state index contributed by atoms with van der Waals surface area (Å²) in [5, 5.41) is -1.57. The average molecular weight is 155 g/mol. The zero-order chi connectivity index (χ0) is 9.19. The lowest BCUT2D eigenvalue weighted by Gasteiger charge is -2.21. The lowest BCUT2D eigenvalue weighted by molar-refractivity contribution is -0.118. The van der Waals surface area contributed by atoms with Crippen LogP contribution in [-0.2, 0) is 10.0 Å². The molecule has 0 fully saturated rings. The van der Waals surface area contributed by atoms with Gasteiger partial charge in [-0.25, -0.2) is 0 Å². The highest BCUT2D eigenvalue weighted by Gasteiger charge is 2.25. The zero-order valence-electron chi connectivity index (χ0n) is 6.53. The van der Waals surface area contributed by atoms with Crippen LogP contribution in [0.5, 0.6) is 0 Å². The molecular weight excluding hydrogens is 148 g/mol. The van der Waals surface area contributed by atoms with Crippen LogP contribution in [0.2, 0.25) is 0 Å². The second-order valence-corrected chi connectivity index (χ2v) is 2.60. The first-order valence-electron chi connectivity index (χ1n) is 3.48. The summed E-state index contributed by atoms with van der Waals surface area (Å²) in [6.07, 6.45) is 0. The largest absolute Gasteiger partial charge is 0.370 e. The number of hydrogen-bond donors (Lipinski definition) is 1. The van der Waals surface area contributed by atoms with E-state index in [2.05, 4.69) is 0 Å². The fourth-order valence-corrected chi connectivity index (χ4v) is 0.856. The maximum atomic E-state index is 10.8. The highest BCUT2D eigenvalue weighted by atomic mass is 16.1. The Kier molecular flexibility index (Phi) is 2.27. The minimum Gasteiger partial charge on any atom is -0.370 e. The molecule has 0 aliphatic carbocycles. The molecule has 1 amide bonds. The van der Waals surface area contributed by atoms with Gasteiger partial charge < -0.3 is 5.73 Å². The summed E-state index contributed by atoms with van der Waals surface area (Å²) < 4.78 is 0. The van der Waals surface area contributed by atoms with Gasteiger partial charge in [-0.05, 0) is 10.8 Å². The lowest BCUT2D eigenvalue weighted by atomic mass is 9.50. The Labute approximate surface area is 74.0 Å². The van der Waals surface area contributed by atoms with E-state index in [1.807, 2.05) is 0 Å². The number of benzene rings is 1. The Morgan fingerprint density at radius 3 is 2.17 bits per heavy atom. The van der Waals surface area contributed by atoms with Crippen molar-refractivity contribution in [1.82, 2.24) is 0 Å². The van der Waals surface area contributed by atoms with E-state index < -0.39 is 11.1 Å². The number of amides is 1. The van der Waals surface area contributed by atoms with Crippen molar-refractivity contribution in [3.63, 3.8) is 0 Å². The Hall–Kier alpha value is -1.18. The normalized spacial score (nSPS) is 11.0. The van der Waals surface area contributed by atoms with Crippen LogP contribution in [0.25, 0.3) is 0 Å². The molecule has 0 bridgehead atoms. The van der Waals surface area contributed by atoms with Gasteiger partial charge in [0.25, 0.3) is 0 Å². The summed E-state index contributed by atoms with van der Waals surface area (Å²) in [6, 6.07) is 8.61. The van der Waals surface area contributed by atoms with Crippen molar-refractivity contribution in [3.8, 4) is 0 Å². The van der Waals surface area contributed by atoms with Gasteiger partial charge in [0.1, 0.15) is 0 Å². The van der Waals surface area contributed by atoms with Gasteiger partial charge in [0.15, 0.2) is 0 Å². The molecule has 2 nitrogen and oxygen atoms in total. The van der Waals surface area contributed by atoms with Crippen LogP contribution in [0.1, 0.15) is 5.56 Å². The molecule has 0 saturated carbocycles. The number of rotatable bonds is 2. The minimum absolute atomic E-state index is 0.512.